The van der Waals surface area contributed by atoms with E-state index in [0.717, 1.165) is 11.3 Å². The Kier molecular flexibility index (Phi) is 5.62. The Morgan fingerprint density at radius 3 is 2.32 bits per heavy atom. The van der Waals surface area contributed by atoms with Crippen LogP contribution in [0.3, 0.4) is 0 Å². The van der Waals surface area contributed by atoms with Crippen molar-refractivity contribution in [3.05, 3.63) is 0 Å². The van der Waals surface area contributed by atoms with Gasteiger partial charge in [-0.05, 0) is 51.7 Å². The van der Waals surface area contributed by atoms with Crippen LogP contribution in [0.2, 0.25) is 0 Å². The molecular formula is C16H32N2S. The van der Waals surface area contributed by atoms with Crippen LogP contribution in [0.1, 0.15) is 59.3 Å². The van der Waals surface area contributed by atoms with Gasteiger partial charge in [0.1, 0.15) is 0 Å². The molecule has 1 atom stereocenters. The average Bonchev–Trinajstić information content (AvgIpc) is 2.48. The van der Waals surface area contributed by atoms with E-state index in [-0.39, 0.29) is 0 Å². The number of hydrogen-bond donors (Lipinski definition) is 1. The summed E-state index contributed by atoms with van der Waals surface area (Å²) in [5, 5.41) is 4.75. The Balaban J connectivity index is 1.97. The second-order valence-electron chi connectivity index (χ2n) is 6.56. The zero-order valence-electron chi connectivity index (χ0n) is 13.2. The van der Waals surface area contributed by atoms with E-state index in [4.69, 9.17) is 0 Å². The van der Waals surface area contributed by atoms with Crippen molar-refractivity contribution in [2.45, 2.75) is 82.2 Å². The Hall–Kier alpha value is 0.270. The summed E-state index contributed by atoms with van der Waals surface area (Å²) in [5.41, 5.74) is 0.378. The molecule has 0 amide bonds. The zero-order valence-corrected chi connectivity index (χ0v) is 14.1. The van der Waals surface area contributed by atoms with E-state index in [9.17, 15) is 0 Å². The fourth-order valence-corrected chi connectivity index (χ4v) is 4.61. The SMILES string of the molecule is CCC1(CC)CN(C2CCC(SC)CC2)C(C)CN1. The second-order valence-corrected chi connectivity index (χ2v) is 7.69. The van der Waals surface area contributed by atoms with Crippen molar-refractivity contribution in [2.24, 2.45) is 0 Å². The zero-order chi connectivity index (χ0) is 13.9. The van der Waals surface area contributed by atoms with E-state index in [0.29, 0.717) is 11.6 Å². The molecule has 1 aliphatic carbocycles. The largest absolute Gasteiger partial charge is 0.308 e. The number of piperazine rings is 1. The van der Waals surface area contributed by atoms with E-state index in [1.54, 1.807) is 0 Å². The fourth-order valence-electron chi connectivity index (χ4n) is 3.87. The summed E-state index contributed by atoms with van der Waals surface area (Å²) in [7, 11) is 0. The van der Waals surface area contributed by atoms with Crippen molar-refractivity contribution in [3.8, 4) is 0 Å². The van der Waals surface area contributed by atoms with Crippen LogP contribution in [0.5, 0.6) is 0 Å². The molecule has 1 N–H and O–H groups in total. The molecule has 2 rings (SSSR count). The number of rotatable bonds is 4. The van der Waals surface area contributed by atoms with Gasteiger partial charge in [0.2, 0.25) is 0 Å². The van der Waals surface area contributed by atoms with E-state index in [1.807, 2.05) is 0 Å². The lowest BCUT2D eigenvalue weighted by molar-refractivity contribution is 0.0308. The topological polar surface area (TPSA) is 15.3 Å². The van der Waals surface area contributed by atoms with Gasteiger partial charge in [-0.1, -0.05) is 13.8 Å². The predicted octanol–water partition coefficient (Wildman–Crippen LogP) is 3.51. The normalized spacial score (nSPS) is 36.3. The summed E-state index contributed by atoms with van der Waals surface area (Å²) in [5.74, 6) is 0. The highest BCUT2D eigenvalue weighted by Crippen LogP contribution is 2.33. The molecule has 2 nitrogen and oxygen atoms in total. The van der Waals surface area contributed by atoms with E-state index in [1.165, 1.54) is 51.6 Å². The summed E-state index contributed by atoms with van der Waals surface area (Å²) in [6.07, 6.45) is 10.5. The minimum atomic E-state index is 0.378. The van der Waals surface area contributed by atoms with Crippen molar-refractivity contribution in [1.29, 1.82) is 0 Å². The maximum atomic E-state index is 3.82. The molecule has 2 fully saturated rings. The summed E-state index contributed by atoms with van der Waals surface area (Å²) in [6.45, 7) is 9.52. The van der Waals surface area contributed by atoms with Gasteiger partial charge >= 0.3 is 0 Å². The third kappa shape index (κ3) is 3.48. The van der Waals surface area contributed by atoms with Gasteiger partial charge in [-0.15, -0.1) is 0 Å². The lowest BCUT2D eigenvalue weighted by Gasteiger charge is -2.50. The average molecular weight is 285 g/mol. The Bertz CT molecular complexity index is 270. The third-order valence-corrected chi connectivity index (χ3v) is 6.76. The highest BCUT2D eigenvalue weighted by molar-refractivity contribution is 7.99. The molecule has 3 heteroatoms. The number of nitrogens with one attached hydrogen (secondary N) is 1. The lowest BCUT2D eigenvalue weighted by Crippen LogP contribution is -2.65. The quantitative estimate of drug-likeness (QED) is 0.850. The highest BCUT2D eigenvalue weighted by atomic mass is 32.2. The maximum Gasteiger partial charge on any atom is 0.0304 e. The van der Waals surface area contributed by atoms with Crippen LogP contribution in [0.25, 0.3) is 0 Å². The molecule has 0 aromatic carbocycles. The summed E-state index contributed by atoms with van der Waals surface area (Å²) >= 11 is 2.07. The molecule has 0 spiro atoms. The van der Waals surface area contributed by atoms with Gasteiger partial charge in [-0.2, -0.15) is 11.8 Å². The summed E-state index contributed by atoms with van der Waals surface area (Å²) in [4.78, 5) is 2.83. The first-order valence-electron chi connectivity index (χ1n) is 8.17. The van der Waals surface area contributed by atoms with E-state index >= 15 is 0 Å². The smallest absolute Gasteiger partial charge is 0.0304 e. The molecule has 0 radical (unpaired) electrons. The third-order valence-electron chi connectivity index (χ3n) is 5.62. The highest BCUT2D eigenvalue weighted by Gasteiger charge is 2.38. The molecule has 19 heavy (non-hydrogen) atoms. The molecule has 1 saturated carbocycles. The lowest BCUT2D eigenvalue weighted by atomic mass is 9.85. The molecule has 0 bridgehead atoms. The summed E-state index contributed by atoms with van der Waals surface area (Å²) < 4.78 is 0. The van der Waals surface area contributed by atoms with E-state index < -0.39 is 0 Å². The molecule has 1 aliphatic heterocycles. The monoisotopic (exact) mass is 284 g/mol. The first-order valence-corrected chi connectivity index (χ1v) is 9.46. The van der Waals surface area contributed by atoms with Gasteiger partial charge < -0.3 is 5.32 Å². The van der Waals surface area contributed by atoms with Crippen molar-refractivity contribution in [2.75, 3.05) is 19.3 Å². The van der Waals surface area contributed by atoms with E-state index in [2.05, 4.69) is 49.0 Å². The number of nitrogens with zero attached hydrogens (tertiary/aromatic N) is 1. The van der Waals surface area contributed by atoms with Gasteiger partial charge in [-0.3, -0.25) is 4.90 Å². The molecule has 0 aromatic rings. The van der Waals surface area contributed by atoms with Gasteiger partial charge in [0.25, 0.3) is 0 Å². The predicted molar refractivity (Wildman–Crippen MR) is 87.0 cm³/mol. The molecule has 1 unspecified atom stereocenters. The Morgan fingerprint density at radius 2 is 1.79 bits per heavy atom. The standard InChI is InChI=1S/C16H32N2S/c1-5-16(6-2)12-18(13(3)11-17-16)14-7-9-15(19-4)10-8-14/h13-15,17H,5-12H2,1-4H3. The number of hydrogen-bond acceptors (Lipinski definition) is 3. The molecule has 1 heterocycles. The minimum Gasteiger partial charge on any atom is -0.308 e. The van der Waals surface area contributed by atoms with Crippen LogP contribution in [-0.4, -0.2) is 47.1 Å². The van der Waals surface area contributed by atoms with Crippen molar-refractivity contribution < 1.29 is 0 Å². The molecule has 2 aliphatic rings. The number of thioether (sulfide) groups is 1. The molecule has 112 valence electrons. The molecular weight excluding hydrogens is 252 g/mol. The van der Waals surface area contributed by atoms with Crippen LogP contribution in [0, 0.1) is 0 Å². The first-order chi connectivity index (χ1) is 9.14. The van der Waals surface area contributed by atoms with Crippen molar-refractivity contribution in [1.82, 2.24) is 10.2 Å². The van der Waals surface area contributed by atoms with Crippen LogP contribution >= 0.6 is 11.8 Å². The molecule has 1 saturated heterocycles. The molecule has 0 aromatic heterocycles. The van der Waals surface area contributed by atoms with Crippen molar-refractivity contribution >= 4 is 11.8 Å². The minimum absolute atomic E-state index is 0.378. The van der Waals surface area contributed by atoms with Gasteiger partial charge in [0, 0.05) is 36.0 Å². The van der Waals surface area contributed by atoms with Crippen LogP contribution in [-0.2, 0) is 0 Å². The van der Waals surface area contributed by atoms with Gasteiger partial charge in [-0.25, -0.2) is 0 Å². The van der Waals surface area contributed by atoms with Crippen LogP contribution < -0.4 is 5.32 Å². The van der Waals surface area contributed by atoms with Crippen LogP contribution in [0.4, 0.5) is 0 Å². The Morgan fingerprint density at radius 1 is 1.16 bits per heavy atom. The maximum absolute atomic E-state index is 3.82. The second kappa shape index (κ2) is 6.82. The summed E-state index contributed by atoms with van der Waals surface area (Å²) in [6, 6.07) is 1.56. The van der Waals surface area contributed by atoms with Crippen molar-refractivity contribution in [3.63, 3.8) is 0 Å². The van der Waals surface area contributed by atoms with Gasteiger partial charge in [0.15, 0.2) is 0 Å². The Labute approximate surface area is 124 Å². The fraction of sp³-hybridized carbons (Fsp3) is 1.00. The first kappa shape index (κ1) is 15.7. The van der Waals surface area contributed by atoms with Crippen LogP contribution in [0.15, 0.2) is 0 Å². The van der Waals surface area contributed by atoms with Gasteiger partial charge in [0.05, 0.1) is 0 Å².